The number of hydrogen-bond acceptors (Lipinski definition) is 6. The van der Waals surface area contributed by atoms with E-state index in [0.717, 1.165) is 0 Å². The summed E-state index contributed by atoms with van der Waals surface area (Å²) in [4.78, 5) is 10.5. The molecular formula is C22H28O7. The first kappa shape index (κ1) is 21.4. The second kappa shape index (κ2) is 9.91. The molecule has 1 aromatic rings. The van der Waals surface area contributed by atoms with Crippen LogP contribution in [0.3, 0.4) is 0 Å². The molecule has 5 atom stereocenters. The van der Waals surface area contributed by atoms with Crippen molar-refractivity contribution < 1.29 is 34.7 Å². The molecule has 0 saturated heterocycles. The molecule has 1 aliphatic carbocycles. The Kier molecular flexibility index (Phi) is 7.30. The maximum absolute atomic E-state index is 10.5. The number of aliphatic hydroxyl groups is 3. The van der Waals surface area contributed by atoms with Crippen LogP contribution in [-0.2, 0) is 4.79 Å². The summed E-state index contributed by atoms with van der Waals surface area (Å²) in [5.74, 6) is -0.131. The molecule has 1 heterocycles. The van der Waals surface area contributed by atoms with E-state index in [1.165, 1.54) is 0 Å². The van der Waals surface area contributed by atoms with Gasteiger partial charge in [0.25, 0.3) is 6.29 Å². The molecule has 0 unspecified atom stereocenters. The predicted octanol–water partition coefficient (Wildman–Crippen LogP) is 2.26. The van der Waals surface area contributed by atoms with Gasteiger partial charge in [0.05, 0.1) is 12.2 Å². The maximum atomic E-state index is 10.5. The molecule has 1 aliphatic heterocycles. The number of carboxylic acids is 1. The number of aliphatic carboxylic acids is 1. The Balaban J connectivity index is 1.53. The van der Waals surface area contributed by atoms with Crippen LogP contribution < -0.4 is 9.47 Å². The second-order valence-corrected chi connectivity index (χ2v) is 7.53. The molecule has 7 nitrogen and oxygen atoms in total. The minimum absolute atomic E-state index is 0.132. The zero-order valence-electron chi connectivity index (χ0n) is 16.1. The standard InChI is InChI=1S/C22H28O7/c23-16(22-28-19-8-5-6-9-20(19)29-22)12-11-15-14(17(24)13-18(15)25)7-3-1-2-4-10-21(26)27/h1,3,5-6,8-9,11-12,14-18,22-25H,2,4,7,10,13H2,(H,26,27)/b3-1-,12-11+/t14-,15-,16-,17+,18-/m1/s1. The Bertz CT molecular complexity index is 719. The van der Waals surface area contributed by atoms with Crippen molar-refractivity contribution in [1.29, 1.82) is 0 Å². The van der Waals surface area contributed by atoms with E-state index in [9.17, 15) is 20.1 Å². The van der Waals surface area contributed by atoms with Crippen LogP contribution in [0, 0.1) is 11.8 Å². The fraction of sp³-hybridized carbons (Fsp3) is 0.500. The summed E-state index contributed by atoms with van der Waals surface area (Å²) >= 11 is 0. The van der Waals surface area contributed by atoms with Crippen LogP contribution in [0.2, 0.25) is 0 Å². The average molecular weight is 404 g/mol. The minimum atomic E-state index is -1.01. The molecule has 0 radical (unpaired) electrons. The number of ether oxygens (including phenoxy) is 2. The molecule has 4 N–H and O–H groups in total. The van der Waals surface area contributed by atoms with Gasteiger partial charge in [-0.1, -0.05) is 36.4 Å². The van der Waals surface area contributed by atoms with Gasteiger partial charge in [0.1, 0.15) is 6.10 Å². The minimum Gasteiger partial charge on any atom is -0.481 e. The Morgan fingerprint density at radius 3 is 2.48 bits per heavy atom. The molecule has 29 heavy (non-hydrogen) atoms. The number of aliphatic hydroxyl groups excluding tert-OH is 3. The van der Waals surface area contributed by atoms with Crippen LogP contribution in [0.1, 0.15) is 32.1 Å². The lowest BCUT2D eigenvalue weighted by molar-refractivity contribution is -0.137. The predicted molar refractivity (Wildman–Crippen MR) is 105 cm³/mol. The number of fused-ring (bicyclic) bond motifs is 1. The van der Waals surface area contributed by atoms with Gasteiger partial charge in [-0.05, 0) is 37.3 Å². The highest BCUT2D eigenvalue weighted by Gasteiger charge is 2.39. The molecule has 0 aromatic heterocycles. The van der Waals surface area contributed by atoms with Crippen molar-refractivity contribution in [3.8, 4) is 11.5 Å². The summed E-state index contributed by atoms with van der Waals surface area (Å²) in [6, 6.07) is 7.18. The maximum Gasteiger partial charge on any atom is 0.303 e. The van der Waals surface area contributed by atoms with Crippen molar-refractivity contribution in [2.75, 3.05) is 0 Å². The highest BCUT2D eigenvalue weighted by molar-refractivity contribution is 5.66. The van der Waals surface area contributed by atoms with Crippen molar-refractivity contribution in [3.05, 3.63) is 48.6 Å². The van der Waals surface area contributed by atoms with Gasteiger partial charge in [-0.25, -0.2) is 0 Å². The Hall–Kier alpha value is -2.35. The van der Waals surface area contributed by atoms with Crippen molar-refractivity contribution in [2.45, 2.75) is 56.7 Å². The van der Waals surface area contributed by atoms with Crippen LogP contribution in [0.25, 0.3) is 0 Å². The molecule has 7 heteroatoms. The van der Waals surface area contributed by atoms with Gasteiger partial charge in [-0.3, -0.25) is 4.79 Å². The van der Waals surface area contributed by atoms with Gasteiger partial charge in [0.15, 0.2) is 11.5 Å². The number of carboxylic acid groups (broad SMARTS) is 1. The topological polar surface area (TPSA) is 116 Å². The lowest BCUT2D eigenvalue weighted by Gasteiger charge is -2.20. The molecule has 0 amide bonds. The second-order valence-electron chi connectivity index (χ2n) is 7.53. The molecular weight excluding hydrogens is 376 g/mol. The fourth-order valence-electron chi connectivity index (χ4n) is 3.84. The number of carbonyl (C=O) groups is 1. The average Bonchev–Trinajstić information content (AvgIpc) is 3.23. The summed E-state index contributed by atoms with van der Waals surface area (Å²) in [7, 11) is 0. The van der Waals surface area contributed by atoms with Crippen LogP contribution in [-0.4, -0.2) is 51.0 Å². The van der Waals surface area contributed by atoms with Crippen molar-refractivity contribution in [1.82, 2.24) is 0 Å². The van der Waals surface area contributed by atoms with Crippen LogP contribution in [0.15, 0.2) is 48.6 Å². The number of benzene rings is 1. The quantitative estimate of drug-likeness (QED) is 0.368. The summed E-state index contributed by atoms with van der Waals surface area (Å²) in [6.45, 7) is 0. The highest BCUT2D eigenvalue weighted by Crippen LogP contribution is 2.37. The number of rotatable bonds is 9. The Morgan fingerprint density at radius 1 is 1.14 bits per heavy atom. The Labute approximate surface area is 169 Å². The van der Waals surface area contributed by atoms with Gasteiger partial charge in [0, 0.05) is 18.8 Å². The highest BCUT2D eigenvalue weighted by atomic mass is 16.7. The first-order valence-electron chi connectivity index (χ1n) is 9.97. The van der Waals surface area contributed by atoms with E-state index in [4.69, 9.17) is 14.6 Å². The van der Waals surface area contributed by atoms with Crippen molar-refractivity contribution in [3.63, 3.8) is 0 Å². The van der Waals surface area contributed by atoms with Crippen molar-refractivity contribution >= 4 is 5.97 Å². The first-order valence-corrected chi connectivity index (χ1v) is 9.97. The van der Waals surface area contributed by atoms with E-state index in [1.54, 1.807) is 24.3 Å². The molecule has 1 aromatic carbocycles. The molecule has 1 fully saturated rings. The Morgan fingerprint density at radius 2 is 1.83 bits per heavy atom. The third kappa shape index (κ3) is 5.59. The monoisotopic (exact) mass is 404 g/mol. The van der Waals surface area contributed by atoms with E-state index in [-0.39, 0.29) is 24.7 Å². The van der Waals surface area contributed by atoms with E-state index >= 15 is 0 Å². The number of para-hydroxylation sites is 2. The molecule has 3 rings (SSSR count). The number of unbranched alkanes of at least 4 members (excludes halogenated alkanes) is 1. The van der Waals surface area contributed by atoms with E-state index in [1.807, 2.05) is 24.3 Å². The van der Waals surface area contributed by atoms with Gasteiger partial charge in [-0.2, -0.15) is 0 Å². The summed E-state index contributed by atoms with van der Waals surface area (Å²) in [5.41, 5.74) is 0. The van der Waals surface area contributed by atoms with E-state index in [0.29, 0.717) is 30.8 Å². The first-order chi connectivity index (χ1) is 14.0. The lowest BCUT2D eigenvalue weighted by Crippen LogP contribution is -2.32. The largest absolute Gasteiger partial charge is 0.481 e. The molecule has 0 bridgehead atoms. The smallest absolute Gasteiger partial charge is 0.303 e. The zero-order chi connectivity index (χ0) is 20.8. The van der Waals surface area contributed by atoms with Gasteiger partial charge in [-0.15, -0.1) is 0 Å². The normalized spacial score (nSPS) is 27.8. The van der Waals surface area contributed by atoms with Crippen LogP contribution in [0.5, 0.6) is 11.5 Å². The molecule has 2 aliphatic rings. The van der Waals surface area contributed by atoms with Gasteiger partial charge in [0.2, 0.25) is 0 Å². The van der Waals surface area contributed by atoms with Crippen molar-refractivity contribution in [2.24, 2.45) is 11.8 Å². The number of allylic oxidation sites excluding steroid dienone is 2. The van der Waals surface area contributed by atoms with E-state index in [2.05, 4.69) is 0 Å². The van der Waals surface area contributed by atoms with E-state index < -0.39 is 30.6 Å². The summed E-state index contributed by atoms with van der Waals surface area (Å²) in [6.07, 6.45) is 6.13. The SMILES string of the molecule is O=C(O)CCC/C=C\C[C@@H]1[C@@H](/C=C/[C@@H](O)C2Oc3ccccc3O2)[C@H](O)C[C@@H]1O. The number of hydrogen-bond donors (Lipinski definition) is 4. The molecule has 1 saturated carbocycles. The fourth-order valence-corrected chi connectivity index (χ4v) is 3.84. The third-order valence-corrected chi connectivity index (χ3v) is 5.40. The lowest BCUT2D eigenvalue weighted by atomic mass is 9.89. The third-order valence-electron chi connectivity index (χ3n) is 5.40. The molecule has 0 spiro atoms. The van der Waals surface area contributed by atoms with Crippen LogP contribution in [0.4, 0.5) is 0 Å². The van der Waals surface area contributed by atoms with Gasteiger partial charge >= 0.3 is 5.97 Å². The summed E-state index contributed by atoms with van der Waals surface area (Å²) in [5, 5.41) is 39.6. The summed E-state index contributed by atoms with van der Waals surface area (Å²) < 4.78 is 11.2. The zero-order valence-corrected chi connectivity index (χ0v) is 16.1. The van der Waals surface area contributed by atoms with Crippen LogP contribution >= 0.6 is 0 Å². The molecule has 158 valence electrons. The van der Waals surface area contributed by atoms with Gasteiger partial charge < -0.3 is 29.9 Å².